The maximum absolute atomic E-state index is 14.5. The van der Waals surface area contributed by atoms with Crippen molar-refractivity contribution in [2.24, 2.45) is 5.73 Å². The van der Waals surface area contributed by atoms with Crippen molar-refractivity contribution < 1.29 is 27.8 Å². The molecule has 0 radical (unpaired) electrons. The highest BCUT2D eigenvalue weighted by molar-refractivity contribution is 5.94. The van der Waals surface area contributed by atoms with E-state index in [2.05, 4.69) is 0 Å². The topological polar surface area (TPSA) is 94.6 Å². The third-order valence-electron chi connectivity index (χ3n) is 5.00. The number of benzene rings is 3. The van der Waals surface area contributed by atoms with Crippen molar-refractivity contribution >= 4 is 5.97 Å². The second-order valence-electron chi connectivity index (χ2n) is 6.88. The molecule has 160 valence electrons. The van der Waals surface area contributed by atoms with Crippen molar-refractivity contribution in [1.82, 2.24) is 0 Å². The molecule has 6 nitrogen and oxygen atoms in total. The van der Waals surface area contributed by atoms with Gasteiger partial charge in [-0.3, -0.25) is 0 Å². The predicted molar refractivity (Wildman–Crippen MR) is 110 cm³/mol. The fourth-order valence-corrected chi connectivity index (χ4v) is 3.53. The van der Waals surface area contributed by atoms with Gasteiger partial charge in [0.25, 0.3) is 0 Å². The van der Waals surface area contributed by atoms with E-state index < -0.39 is 23.5 Å². The summed E-state index contributed by atoms with van der Waals surface area (Å²) in [6, 6.07) is 16.0. The van der Waals surface area contributed by atoms with E-state index in [1.54, 1.807) is 24.3 Å². The molecule has 0 saturated carbocycles. The third kappa shape index (κ3) is 3.72. The number of rotatable bonds is 4. The number of ether oxygens (including phenoxy) is 3. The van der Waals surface area contributed by atoms with Crippen LogP contribution in [0.2, 0.25) is 0 Å². The van der Waals surface area contributed by atoms with Crippen LogP contribution in [0.1, 0.15) is 27.4 Å². The molecule has 2 N–H and O–H groups in total. The zero-order valence-electron chi connectivity index (χ0n) is 16.8. The zero-order valence-corrected chi connectivity index (χ0v) is 16.8. The summed E-state index contributed by atoms with van der Waals surface area (Å²) < 4.78 is 44.1. The molecule has 0 amide bonds. The molecular formula is C24H16F2N2O4. The van der Waals surface area contributed by atoms with Gasteiger partial charge in [-0.15, -0.1) is 0 Å². The van der Waals surface area contributed by atoms with Gasteiger partial charge in [0.2, 0.25) is 5.88 Å². The average molecular weight is 434 g/mol. The van der Waals surface area contributed by atoms with E-state index >= 15 is 0 Å². The lowest BCUT2D eigenvalue weighted by molar-refractivity contribution is 0.0731. The summed E-state index contributed by atoms with van der Waals surface area (Å²) in [6.45, 7) is 0. The Morgan fingerprint density at radius 2 is 1.84 bits per heavy atom. The van der Waals surface area contributed by atoms with E-state index in [1.165, 1.54) is 31.4 Å². The lowest BCUT2D eigenvalue weighted by Crippen LogP contribution is -2.22. The molecule has 0 saturated heterocycles. The van der Waals surface area contributed by atoms with Gasteiger partial charge in [-0.2, -0.15) is 5.26 Å². The number of hydrogen-bond donors (Lipinski definition) is 1. The van der Waals surface area contributed by atoms with E-state index in [4.69, 9.17) is 19.9 Å². The molecule has 8 heteroatoms. The van der Waals surface area contributed by atoms with Crippen LogP contribution in [0.3, 0.4) is 0 Å². The van der Waals surface area contributed by atoms with Gasteiger partial charge < -0.3 is 19.9 Å². The zero-order chi connectivity index (χ0) is 22.8. The Morgan fingerprint density at radius 1 is 1.09 bits per heavy atom. The number of nitrogens with two attached hydrogens (primary N) is 1. The van der Waals surface area contributed by atoms with E-state index in [0.29, 0.717) is 11.3 Å². The number of esters is 1. The Labute approximate surface area is 182 Å². The molecule has 3 aromatic carbocycles. The number of fused-ring (bicyclic) bond motifs is 1. The lowest BCUT2D eigenvalue weighted by atomic mass is 9.83. The molecule has 1 aliphatic rings. The number of para-hydroxylation sites is 1. The number of methoxy groups -OCH3 is 1. The van der Waals surface area contributed by atoms with Crippen LogP contribution < -0.4 is 19.9 Å². The first-order valence-electron chi connectivity index (χ1n) is 9.44. The molecule has 4 rings (SSSR count). The van der Waals surface area contributed by atoms with Gasteiger partial charge in [0, 0.05) is 23.3 Å². The minimum Gasteiger partial charge on any atom is -0.496 e. The molecule has 32 heavy (non-hydrogen) atoms. The molecule has 0 bridgehead atoms. The highest BCUT2D eigenvalue weighted by atomic mass is 19.1. The number of hydrogen-bond acceptors (Lipinski definition) is 6. The number of nitrogens with zero attached hydrogens (tertiary/aromatic N) is 1. The monoisotopic (exact) mass is 434 g/mol. The van der Waals surface area contributed by atoms with Crippen molar-refractivity contribution in [2.75, 3.05) is 7.11 Å². The maximum Gasteiger partial charge on any atom is 0.347 e. The molecule has 0 fully saturated rings. The number of allylic oxidation sites excluding steroid dienone is 1. The standard InChI is InChI=1S/C24H16F2N2O4/c1-30-20-5-3-2-4-17(20)24(29)31-14-7-9-16-21(11-14)32-23(28)18(12-27)22(16)15-8-6-13(25)10-19(15)26/h2-11,22H,28H2,1H3/t22-/m1/s1. The van der Waals surface area contributed by atoms with Crippen molar-refractivity contribution in [1.29, 1.82) is 5.26 Å². The van der Waals surface area contributed by atoms with Gasteiger partial charge >= 0.3 is 5.97 Å². The van der Waals surface area contributed by atoms with Gasteiger partial charge in [-0.25, -0.2) is 13.6 Å². The van der Waals surface area contributed by atoms with Gasteiger partial charge in [0.15, 0.2) is 0 Å². The van der Waals surface area contributed by atoms with Crippen LogP contribution >= 0.6 is 0 Å². The summed E-state index contributed by atoms with van der Waals surface area (Å²) >= 11 is 0. The second kappa shape index (κ2) is 8.40. The van der Waals surface area contributed by atoms with E-state index in [-0.39, 0.29) is 34.1 Å². The van der Waals surface area contributed by atoms with Crippen LogP contribution in [0.5, 0.6) is 17.2 Å². The van der Waals surface area contributed by atoms with Gasteiger partial charge in [-0.1, -0.05) is 24.3 Å². The predicted octanol–water partition coefficient (Wildman–Crippen LogP) is 4.41. The summed E-state index contributed by atoms with van der Waals surface area (Å²) in [5.41, 5.74) is 6.60. The fraction of sp³-hybridized carbons (Fsp3) is 0.0833. The van der Waals surface area contributed by atoms with Crippen molar-refractivity contribution in [3.8, 4) is 23.3 Å². The summed E-state index contributed by atoms with van der Waals surface area (Å²) in [7, 11) is 1.44. The fourth-order valence-electron chi connectivity index (χ4n) is 3.53. The van der Waals surface area contributed by atoms with Crippen LogP contribution in [-0.4, -0.2) is 13.1 Å². The van der Waals surface area contributed by atoms with Crippen LogP contribution in [0.25, 0.3) is 0 Å². The Balaban J connectivity index is 1.72. The molecule has 1 atom stereocenters. The van der Waals surface area contributed by atoms with Crippen LogP contribution in [0, 0.1) is 23.0 Å². The molecule has 0 spiro atoms. The number of halogens is 2. The normalized spacial score (nSPS) is 14.8. The minimum atomic E-state index is -0.914. The largest absolute Gasteiger partial charge is 0.496 e. The molecule has 1 heterocycles. The molecule has 0 unspecified atom stereocenters. The maximum atomic E-state index is 14.5. The molecule has 0 aromatic heterocycles. The SMILES string of the molecule is COc1ccccc1C(=O)Oc1ccc2c(c1)OC(N)=C(C#N)[C@@H]2c1ccc(F)cc1F. The number of nitriles is 1. The first-order valence-corrected chi connectivity index (χ1v) is 9.44. The molecule has 1 aliphatic heterocycles. The highest BCUT2D eigenvalue weighted by Crippen LogP contribution is 2.44. The summed E-state index contributed by atoms with van der Waals surface area (Å²) in [5, 5.41) is 9.57. The van der Waals surface area contributed by atoms with Gasteiger partial charge in [0.1, 0.15) is 46.1 Å². The van der Waals surface area contributed by atoms with Gasteiger partial charge in [-0.05, 0) is 24.3 Å². The first kappa shape index (κ1) is 20.9. The molecule has 3 aromatic rings. The summed E-state index contributed by atoms with van der Waals surface area (Å²) in [5.74, 6) is -2.68. The average Bonchev–Trinajstić information content (AvgIpc) is 2.78. The third-order valence-corrected chi connectivity index (χ3v) is 5.00. The van der Waals surface area contributed by atoms with Crippen molar-refractivity contribution in [3.63, 3.8) is 0 Å². The Morgan fingerprint density at radius 3 is 2.56 bits per heavy atom. The van der Waals surface area contributed by atoms with E-state index in [1.807, 2.05) is 6.07 Å². The first-order chi connectivity index (χ1) is 15.4. The number of carbonyl (C=O) groups is 1. The van der Waals surface area contributed by atoms with Crippen LogP contribution in [0.4, 0.5) is 8.78 Å². The Hall–Kier alpha value is -4.38. The molecule has 0 aliphatic carbocycles. The van der Waals surface area contributed by atoms with E-state index in [9.17, 15) is 18.8 Å². The highest BCUT2D eigenvalue weighted by Gasteiger charge is 2.33. The molecular weight excluding hydrogens is 418 g/mol. The number of carbonyl (C=O) groups excluding carboxylic acids is 1. The van der Waals surface area contributed by atoms with Crippen LogP contribution in [-0.2, 0) is 0 Å². The lowest BCUT2D eigenvalue weighted by Gasteiger charge is -2.27. The summed E-state index contributed by atoms with van der Waals surface area (Å²) in [6.07, 6.45) is 0. The van der Waals surface area contributed by atoms with Crippen molar-refractivity contribution in [2.45, 2.75) is 5.92 Å². The van der Waals surface area contributed by atoms with Gasteiger partial charge in [0.05, 0.1) is 13.0 Å². The van der Waals surface area contributed by atoms with Crippen molar-refractivity contribution in [3.05, 3.63) is 100 Å². The quantitative estimate of drug-likeness (QED) is 0.483. The van der Waals surface area contributed by atoms with Crippen LogP contribution in [0.15, 0.2) is 72.1 Å². The second-order valence-corrected chi connectivity index (χ2v) is 6.88. The van der Waals surface area contributed by atoms with E-state index in [0.717, 1.165) is 12.1 Å². The minimum absolute atomic E-state index is 0.0122. The summed E-state index contributed by atoms with van der Waals surface area (Å²) in [4.78, 5) is 12.6. The smallest absolute Gasteiger partial charge is 0.347 e. The Kier molecular flexibility index (Phi) is 5.48. The Bertz CT molecular complexity index is 1300.